The number of carboxylic acids is 1. The van der Waals surface area contributed by atoms with Crippen LogP contribution in [-0.4, -0.2) is 24.7 Å². The van der Waals surface area contributed by atoms with Crippen LogP contribution in [0.4, 0.5) is 5.69 Å². The fraction of sp³-hybridized carbons (Fsp3) is 0.364. The lowest BCUT2D eigenvalue weighted by molar-refractivity contribution is -0.141. The lowest BCUT2D eigenvalue weighted by atomic mass is 9.93. The third kappa shape index (κ3) is 1.80. The molecular formula is C11H12ClNO3. The van der Waals surface area contributed by atoms with E-state index in [1.165, 1.54) is 0 Å². The molecule has 1 atom stereocenters. The Morgan fingerprint density at radius 1 is 1.62 bits per heavy atom. The van der Waals surface area contributed by atoms with Crippen LogP contribution in [0.5, 0.6) is 5.75 Å². The third-order valence-electron chi connectivity index (χ3n) is 2.76. The Labute approximate surface area is 98.2 Å². The van der Waals surface area contributed by atoms with Crippen molar-refractivity contribution < 1.29 is 14.6 Å². The summed E-state index contributed by atoms with van der Waals surface area (Å²) >= 11 is 6.05. The van der Waals surface area contributed by atoms with Crippen LogP contribution in [-0.2, 0) is 11.2 Å². The zero-order valence-electron chi connectivity index (χ0n) is 8.79. The van der Waals surface area contributed by atoms with Crippen LogP contribution in [0.2, 0.25) is 5.02 Å². The SMILES string of the molecule is COc1ccc(Cl)c2c1NCC(C(=O)O)C2. The standard InChI is InChI=1S/C11H12ClNO3/c1-16-9-3-2-8(12)7-4-6(11(14)15)5-13-10(7)9/h2-3,6,13H,4-5H2,1H3,(H,14,15). The second-order valence-electron chi connectivity index (χ2n) is 3.72. The van der Waals surface area contributed by atoms with Crippen molar-refractivity contribution in [3.8, 4) is 5.75 Å². The van der Waals surface area contributed by atoms with Gasteiger partial charge in [0, 0.05) is 11.6 Å². The molecule has 0 bridgehead atoms. The number of carboxylic acid groups (broad SMARTS) is 1. The fourth-order valence-corrected chi connectivity index (χ4v) is 2.12. The predicted molar refractivity (Wildman–Crippen MR) is 61.3 cm³/mol. The monoisotopic (exact) mass is 241 g/mol. The number of fused-ring (bicyclic) bond motifs is 1. The molecule has 0 fully saturated rings. The molecule has 1 unspecified atom stereocenters. The number of hydrogen-bond acceptors (Lipinski definition) is 3. The molecule has 0 saturated heterocycles. The Morgan fingerprint density at radius 3 is 3.00 bits per heavy atom. The Balaban J connectivity index is 2.41. The Bertz CT molecular complexity index is 433. The van der Waals surface area contributed by atoms with E-state index in [1.54, 1.807) is 19.2 Å². The van der Waals surface area contributed by atoms with E-state index in [4.69, 9.17) is 21.4 Å². The number of rotatable bonds is 2. The van der Waals surface area contributed by atoms with Gasteiger partial charge in [-0.15, -0.1) is 0 Å². The predicted octanol–water partition coefficient (Wildman–Crippen LogP) is 2.02. The maximum Gasteiger partial charge on any atom is 0.308 e. The molecule has 1 aromatic rings. The summed E-state index contributed by atoms with van der Waals surface area (Å²) in [4.78, 5) is 10.9. The number of anilines is 1. The van der Waals surface area contributed by atoms with E-state index in [0.717, 1.165) is 11.3 Å². The van der Waals surface area contributed by atoms with Crippen molar-refractivity contribution in [3.63, 3.8) is 0 Å². The molecule has 86 valence electrons. The molecule has 1 aliphatic rings. The van der Waals surface area contributed by atoms with Gasteiger partial charge in [0.2, 0.25) is 0 Å². The quantitative estimate of drug-likeness (QED) is 0.832. The maximum absolute atomic E-state index is 10.9. The summed E-state index contributed by atoms with van der Waals surface area (Å²) in [5.41, 5.74) is 1.63. The molecule has 0 aliphatic carbocycles. The molecule has 0 radical (unpaired) electrons. The van der Waals surface area contributed by atoms with Gasteiger partial charge in [0.1, 0.15) is 5.75 Å². The number of carbonyl (C=O) groups is 1. The number of ether oxygens (including phenoxy) is 1. The summed E-state index contributed by atoms with van der Waals surface area (Å²) in [6.45, 7) is 0.402. The van der Waals surface area contributed by atoms with Gasteiger partial charge in [-0.25, -0.2) is 0 Å². The van der Waals surface area contributed by atoms with Crippen molar-refractivity contribution in [2.75, 3.05) is 19.0 Å². The van der Waals surface area contributed by atoms with E-state index < -0.39 is 11.9 Å². The first kappa shape index (κ1) is 11.1. The first-order chi connectivity index (χ1) is 7.63. The molecule has 1 heterocycles. The summed E-state index contributed by atoms with van der Waals surface area (Å²) in [7, 11) is 1.58. The van der Waals surface area contributed by atoms with Gasteiger partial charge in [0.25, 0.3) is 0 Å². The Kier molecular flexibility index (Phi) is 2.92. The average molecular weight is 242 g/mol. The molecule has 5 heteroatoms. The van der Waals surface area contributed by atoms with Crippen LogP contribution in [0.25, 0.3) is 0 Å². The van der Waals surface area contributed by atoms with Gasteiger partial charge in [0.05, 0.1) is 18.7 Å². The third-order valence-corrected chi connectivity index (χ3v) is 3.12. The van der Waals surface area contributed by atoms with Crippen LogP contribution < -0.4 is 10.1 Å². The van der Waals surface area contributed by atoms with E-state index in [9.17, 15) is 4.79 Å². The van der Waals surface area contributed by atoms with Crippen molar-refractivity contribution in [1.29, 1.82) is 0 Å². The van der Waals surface area contributed by atoms with Crippen molar-refractivity contribution >= 4 is 23.3 Å². The first-order valence-corrected chi connectivity index (χ1v) is 5.33. The van der Waals surface area contributed by atoms with Gasteiger partial charge in [0.15, 0.2) is 0 Å². The van der Waals surface area contributed by atoms with Crippen molar-refractivity contribution in [1.82, 2.24) is 0 Å². The van der Waals surface area contributed by atoms with Crippen LogP contribution >= 0.6 is 11.6 Å². The fourth-order valence-electron chi connectivity index (χ4n) is 1.88. The van der Waals surface area contributed by atoms with Gasteiger partial charge in [-0.05, 0) is 24.1 Å². The zero-order chi connectivity index (χ0) is 11.7. The van der Waals surface area contributed by atoms with Crippen LogP contribution in [0, 0.1) is 5.92 Å². The summed E-state index contributed by atoms with van der Waals surface area (Å²) in [5, 5.41) is 12.6. The number of halogens is 1. The van der Waals surface area contributed by atoms with Crippen molar-refractivity contribution in [2.24, 2.45) is 5.92 Å². The number of methoxy groups -OCH3 is 1. The van der Waals surface area contributed by atoms with E-state index in [0.29, 0.717) is 23.7 Å². The first-order valence-electron chi connectivity index (χ1n) is 4.95. The van der Waals surface area contributed by atoms with E-state index in [1.807, 2.05) is 0 Å². The molecule has 0 amide bonds. The van der Waals surface area contributed by atoms with E-state index in [2.05, 4.69) is 5.32 Å². The molecule has 0 aromatic heterocycles. The Morgan fingerprint density at radius 2 is 2.38 bits per heavy atom. The molecule has 2 rings (SSSR count). The lowest BCUT2D eigenvalue weighted by Gasteiger charge is -2.25. The maximum atomic E-state index is 10.9. The van der Waals surface area contributed by atoms with Crippen LogP contribution in [0.3, 0.4) is 0 Å². The van der Waals surface area contributed by atoms with Crippen molar-refractivity contribution in [3.05, 3.63) is 22.7 Å². The minimum absolute atomic E-state index is 0.402. The molecule has 0 saturated carbocycles. The summed E-state index contributed by atoms with van der Waals surface area (Å²) in [5.74, 6) is -0.544. The van der Waals surface area contributed by atoms with Gasteiger partial charge in [-0.1, -0.05) is 11.6 Å². The number of aliphatic carboxylic acids is 1. The van der Waals surface area contributed by atoms with Crippen LogP contribution in [0.1, 0.15) is 5.56 Å². The van der Waals surface area contributed by atoms with Crippen molar-refractivity contribution in [2.45, 2.75) is 6.42 Å². The van der Waals surface area contributed by atoms with E-state index >= 15 is 0 Å². The summed E-state index contributed by atoms with van der Waals surface area (Å²) < 4.78 is 5.19. The lowest BCUT2D eigenvalue weighted by Crippen LogP contribution is -2.29. The highest BCUT2D eigenvalue weighted by molar-refractivity contribution is 6.32. The number of hydrogen-bond donors (Lipinski definition) is 2. The van der Waals surface area contributed by atoms with Gasteiger partial charge in [-0.2, -0.15) is 0 Å². The average Bonchev–Trinajstić information content (AvgIpc) is 2.29. The summed E-state index contributed by atoms with van der Waals surface area (Å²) in [6.07, 6.45) is 0.438. The largest absolute Gasteiger partial charge is 0.495 e. The highest BCUT2D eigenvalue weighted by Gasteiger charge is 2.27. The second kappa shape index (κ2) is 4.22. The van der Waals surface area contributed by atoms with Gasteiger partial charge in [-0.3, -0.25) is 4.79 Å². The minimum Gasteiger partial charge on any atom is -0.495 e. The molecule has 0 spiro atoms. The molecule has 1 aromatic carbocycles. The van der Waals surface area contributed by atoms with Gasteiger partial charge < -0.3 is 15.2 Å². The molecular weight excluding hydrogens is 230 g/mol. The molecule has 4 nitrogen and oxygen atoms in total. The minimum atomic E-state index is -0.808. The van der Waals surface area contributed by atoms with Gasteiger partial charge >= 0.3 is 5.97 Å². The highest BCUT2D eigenvalue weighted by Crippen LogP contribution is 2.38. The molecule has 2 N–H and O–H groups in total. The number of benzene rings is 1. The second-order valence-corrected chi connectivity index (χ2v) is 4.13. The topological polar surface area (TPSA) is 58.6 Å². The van der Waals surface area contributed by atoms with E-state index in [-0.39, 0.29) is 0 Å². The summed E-state index contributed by atoms with van der Waals surface area (Å²) in [6, 6.07) is 3.50. The normalized spacial score (nSPS) is 18.5. The number of nitrogens with one attached hydrogen (secondary N) is 1. The van der Waals surface area contributed by atoms with Crippen LogP contribution in [0.15, 0.2) is 12.1 Å². The highest BCUT2D eigenvalue weighted by atomic mass is 35.5. The zero-order valence-corrected chi connectivity index (χ0v) is 9.54. The molecule has 16 heavy (non-hydrogen) atoms. The molecule has 1 aliphatic heterocycles. The smallest absolute Gasteiger partial charge is 0.308 e. The Hall–Kier alpha value is -1.42.